The molecule has 0 bridgehead atoms. The Kier molecular flexibility index (Phi) is 4.48. The molecule has 0 unspecified atom stereocenters. The van der Waals surface area contributed by atoms with Crippen molar-refractivity contribution in [3.8, 4) is 11.5 Å². The summed E-state index contributed by atoms with van der Waals surface area (Å²) in [6.07, 6.45) is 1.53. The number of carbonyl (C=O) groups is 1. The predicted octanol–water partition coefficient (Wildman–Crippen LogP) is 2.75. The molecular formula is C20H20N4O4S. The Morgan fingerprint density at radius 1 is 1.17 bits per heavy atom. The molecule has 1 aromatic carbocycles. The highest BCUT2D eigenvalue weighted by atomic mass is 32.1. The molecule has 0 spiro atoms. The Labute approximate surface area is 171 Å². The van der Waals surface area contributed by atoms with E-state index in [4.69, 9.17) is 9.47 Å². The average Bonchev–Trinajstić information content (AvgIpc) is 3.33. The van der Waals surface area contributed by atoms with Crippen LogP contribution in [0.3, 0.4) is 0 Å². The Bertz CT molecular complexity index is 1090. The first-order valence-electron chi connectivity index (χ1n) is 9.43. The predicted molar refractivity (Wildman–Crippen MR) is 109 cm³/mol. The highest BCUT2D eigenvalue weighted by Gasteiger charge is 2.24. The number of piperazine rings is 1. The minimum absolute atomic E-state index is 0.288. The van der Waals surface area contributed by atoms with E-state index in [9.17, 15) is 9.90 Å². The van der Waals surface area contributed by atoms with Crippen LogP contribution in [-0.2, 0) is 6.54 Å². The summed E-state index contributed by atoms with van der Waals surface area (Å²) in [7, 11) is 0. The molecule has 4 heterocycles. The number of nitrogens with zero attached hydrogens (tertiary/aromatic N) is 4. The number of anilines is 1. The standard InChI is InChI=1S/C20H20N4O4S/c1-12-16-18(21-10-22-19(16)29-17(12)20(25)26)24-6-4-23(5-7-24)9-13-2-3-14-15(8-13)28-11-27-14/h2-3,8,10H,4-7,9,11H2,1H3,(H,25,26). The molecule has 0 atom stereocenters. The fraction of sp³-hybridized carbons (Fsp3) is 0.350. The van der Waals surface area contributed by atoms with Crippen molar-refractivity contribution in [3.05, 3.63) is 40.5 Å². The first-order valence-corrected chi connectivity index (χ1v) is 10.2. The molecular weight excluding hydrogens is 392 g/mol. The van der Waals surface area contributed by atoms with Crippen molar-refractivity contribution in [2.45, 2.75) is 13.5 Å². The molecule has 0 saturated carbocycles. The lowest BCUT2D eigenvalue weighted by molar-refractivity contribution is 0.0701. The molecule has 0 amide bonds. The van der Waals surface area contributed by atoms with Gasteiger partial charge in [0.15, 0.2) is 11.5 Å². The highest BCUT2D eigenvalue weighted by molar-refractivity contribution is 7.20. The summed E-state index contributed by atoms with van der Waals surface area (Å²) in [6.45, 7) is 6.43. The Hall–Kier alpha value is -2.91. The van der Waals surface area contributed by atoms with Crippen LogP contribution >= 0.6 is 11.3 Å². The van der Waals surface area contributed by atoms with Crippen molar-refractivity contribution in [2.24, 2.45) is 0 Å². The summed E-state index contributed by atoms with van der Waals surface area (Å²) in [5, 5.41) is 10.3. The van der Waals surface area contributed by atoms with Gasteiger partial charge in [0, 0.05) is 32.7 Å². The number of thiophene rings is 1. The molecule has 2 aliphatic heterocycles. The van der Waals surface area contributed by atoms with Gasteiger partial charge in [-0.15, -0.1) is 11.3 Å². The van der Waals surface area contributed by atoms with Crippen molar-refractivity contribution in [2.75, 3.05) is 37.9 Å². The second-order valence-electron chi connectivity index (χ2n) is 7.19. The molecule has 1 fully saturated rings. The summed E-state index contributed by atoms with van der Waals surface area (Å²) in [5.74, 6) is 1.54. The molecule has 29 heavy (non-hydrogen) atoms. The second kappa shape index (κ2) is 7.16. The van der Waals surface area contributed by atoms with Crippen LogP contribution in [0.2, 0.25) is 0 Å². The number of hydrogen-bond donors (Lipinski definition) is 1. The van der Waals surface area contributed by atoms with Crippen LogP contribution in [0.15, 0.2) is 24.5 Å². The number of fused-ring (bicyclic) bond motifs is 2. The van der Waals surface area contributed by atoms with Gasteiger partial charge in [-0.2, -0.15) is 0 Å². The normalized spacial score (nSPS) is 16.5. The first kappa shape index (κ1) is 18.1. The van der Waals surface area contributed by atoms with Crippen LogP contribution in [0.5, 0.6) is 11.5 Å². The third kappa shape index (κ3) is 3.26. The van der Waals surface area contributed by atoms with Crippen LogP contribution in [0.25, 0.3) is 10.2 Å². The van der Waals surface area contributed by atoms with Gasteiger partial charge >= 0.3 is 5.97 Å². The number of hydrogen-bond acceptors (Lipinski definition) is 8. The third-order valence-electron chi connectivity index (χ3n) is 5.42. The molecule has 0 aliphatic carbocycles. The minimum atomic E-state index is -0.912. The van der Waals surface area contributed by atoms with E-state index in [-0.39, 0.29) is 6.79 Å². The maximum Gasteiger partial charge on any atom is 0.346 e. The van der Waals surface area contributed by atoms with E-state index < -0.39 is 5.97 Å². The quantitative estimate of drug-likeness (QED) is 0.700. The fourth-order valence-corrected chi connectivity index (χ4v) is 4.89. The number of ether oxygens (including phenoxy) is 2. The summed E-state index contributed by atoms with van der Waals surface area (Å²) >= 11 is 1.21. The van der Waals surface area contributed by atoms with Crippen LogP contribution in [-0.4, -0.2) is 58.9 Å². The SMILES string of the molecule is Cc1c(C(=O)O)sc2ncnc(N3CCN(Cc4ccc5c(c4)OCO5)CC3)c12. The molecule has 1 saturated heterocycles. The molecule has 3 aromatic rings. The van der Waals surface area contributed by atoms with Gasteiger partial charge in [-0.25, -0.2) is 14.8 Å². The Balaban J connectivity index is 1.31. The van der Waals surface area contributed by atoms with Crippen LogP contribution < -0.4 is 14.4 Å². The summed E-state index contributed by atoms with van der Waals surface area (Å²) in [5.41, 5.74) is 1.95. The van der Waals surface area contributed by atoms with Crippen LogP contribution in [0, 0.1) is 6.92 Å². The zero-order valence-electron chi connectivity index (χ0n) is 15.9. The van der Waals surface area contributed by atoms with E-state index in [1.807, 2.05) is 19.1 Å². The maximum absolute atomic E-state index is 11.5. The molecule has 2 aromatic heterocycles. The molecule has 0 radical (unpaired) electrons. The van der Waals surface area contributed by atoms with Crippen LogP contribution in [0.4, 0.5) is 5.82 Å². The van der Waals surface area contributed by atoms with E-state index in [0.717, 1.165) is 65.8 Å². The Morgan fingerprint density at radius 3 is 2.76 bits per heavy atom. The summed E-state index contributed by atoms with van der Waals surface area (Å²) in [4.78, 5) is 26.0. The fourth-order valence-electron chi connectivity index (χ4n) is 3.91. The molecule has 9 heteroatoms. The van der Waals surface area contributed by atoms with Crippen molar-refractivity contribution < 1.29 is 19.4 Å². The number of rotatable bonds is 4. The second-order valence-corrected chi connectivity index (χ2v) is 8.19. The monoisotopic (exact) mass is 412 g/mol. The van der Waals surface area contributed by atoms with Crippen molar-refractivity contribution in [1.82, 2.24) is 14.9 Å². The number of aryl methyl sites for hydroxylation is 1. The van der Waals surface area contributed by atoms with Crippen molar-refractivity contribution in [3.63, 3.8) is 0 Å². The van der Waals surface area contributed by atoms with Gasteiger partial charge in [-0.3, -0.25) is 4.90 Å². The minimum Gasteiger partial charge on any atom is -0.477 e. The number of carboxylic acids is 1. The molecule has 8 nitrogen and oxygen atoms in total. The lowest BCUT2D eigenvalue weighted by atomic mass is 10.1. The Morgan fingerprint density at radius 2 is 1.97 bits per heavy atom. The molecule has 5 rings (SSSR count). The lowest BCUT2D eigenvalue weighted by Gasteiger charge is -2.35. The van der Waals surface area contributed by atoms with Gasteiger partial charge < -0.3 is 19.5 Å². The summed E-state index contributed by atoms with van der Waals surface area (Å²) in [6, 6.07) is 6.09. The van der Waals surface area contributed by atoms with Gasteiger partial charge in [0.05, 0.1) is 5.39 Å². The van der Waals surface area contributed by atoms with E-state index in [2.05, 4.69) is 25.8 Å². The van der Waals surface area contributed by atoms with Crippen molar-refractivity contribution in [1.29, 1.82) is 0 Å². The first-order chi connectivity index (χ1) is 14.1. The number of aromatic carboxylic acids is 1. The van der Waals surface area contributed by atoms with Gasteiger partial charge in [0.25, 0.3) is 0 Å². The van der Waals surface area contributed by atoms with E-state index in [1.54, 1.807) is 0 Å². The molecule has 2 aliphatic rings. The smallest absolute Gasteiger partial charge is 0.346 e. The lowest BCUT2D eigenvalue weighted by Crippen LogP contribution is -2.46. The third-order valence-corrected chi connectivity index (χ3v) is 6.60. The number of carboxylic acid groups (broad SMARTS) is 1. The maximum atomic E-state index is 11.5. The highest BCUT2D eigenvalue weighted by Crippen LogP contribution is 2.35. The zero-order chi connectivity index (χ0) is 20.0. The zero-order valence-corrected chi connectivity index (χ0v) is 16.7. The van der Waals surface area contributed by atoms with Gasteiger partial charge in [0.2, 0.25) is 6.79 Å². The van der Waals surface area contributed by atoms with Crippen molar-refractivity contribution >= 4 is 33.3 Å². The van der Waals surface area contributed by atoms with E-state index >= 15 is 0 Å². The summed E-state index contributed by atoms with van der Waals surface area (Å²) < 4.78 is 10.8. The van der Waals surface area contributed by atoms with Gasteiger partial charge in [-0.1, -0.05) is 6.07 Å². The number of benzene rings is 1. The van der Waals surface area contributed by atoms with E-state index in [0.29, 0.717) is 4.88 Å². The average molecular weight is 412 g/mol. The largest absolute Gasteiger partial charge is 0.477 e. The van der Waals surface area contributed by atoms with E-state index in [1.165, 1.54) is 23.2 Å². The topological polar surface area (TPSA) is 88.0 Å². The number of aromatic nitrogens is 2. The molecule has 150 valence electrons. The van der Waals surface area contributed by atoms with Crippen LogP contribution in [0.1, 0.15) is 20.8 Å². The van der Waals surface area contributed by atoms with Gasteiger partial charge in [0.1, 0.15) is 21.9 Å². The molecule has 1 N–H and O–H groups in total. The van der Waals surface area contributed by atoms with Gasteiger partial charge in [-0.05, 0) is 30.2 Å².